The molecule has 4 rings (SSSR count). The van der Waals surface area contributed by atoms with Gasteiger partial charge in [0.2, 0.25) is 5.91 Å². The number of anilines is 2. The van der Waals surface area contributed by atoms with E-state index in [0.717, 1.165) is 10.5 Å². The Morgan fingerprint density at radius 3 is 2.56 bits per heavy atom. The summed E-state index contributed by atoms with van der Waals surface area (Å²) in [6.45, 7) is 1.58. The summed E-state index contributed by atoms with van der Waals surface area (Å²) in [7, 11) is 2.95. The number of fused-ring (bicyclic) bond motifs is 1. The summed E-state index contributed by atoms with van der Waals surface area (Å²) < 4.78 is 10.5. The number of amides is 3. The molecule has 2 aromatic rings. The number of imide groups is 1. The Kier molecular flexibility index (Phi) is 5.70. The number of methoxy groups -OCH3 is 2. The molecule has 2 unspecified atom stereocenters. The van der Waals surface area contributed by atoms with Gasteiger partial charge in [-0.05, 0) is 36.8 Å². The minimum absolute atomic E-state index is 0.255. The lowest BCUT2D eigenvalue weighted by Crippen LogP contribution is -2.43. The maximum atomic E-state index is 13.1. The largest absolute Gasteiger partial charge is 0.493 e. The molecule has 0 saturated carbocycles. The molecule has 0 aliphatic carbocycles. The van der Waals surface area contributed by atoms with Gasteiger partial charge in [0.15, 0.2) is 23.6 Å². The molecule has 2 aliphatic heterocycles. The molecule has 0 aromatic heterocycles. The van der Waals surface area contributed by atoms with Crippen molar-refractivity contribution >= 4 is 40.7 Å². The third kappa shape index (κ3) is 3.73. The summed E-state index contributed by atoms with van der Waals surface area (Å²) in [4.78, 5) is 39.6. The van der Waals surface area contributed by atoms with E-state index in [9.17, 15) is 14.4 Å². The quantitative estimate of drug-likeness (QED) is 0.667. The van der Waals surface area contributed by atoms with Gasteiger partial charge in [-0.2, -0.15) is 5.11 Å². The summed E-state index contributed by atoms with van der Waals surface area (Å²) >= 11 is 5.99. The highest BCUT2D eigenvalue weighted by Gasteiger charge is 2.55. The molecule has 2 aliphatic rings. The van der Waals surface area contributed by atoms with Crippen molar-refractivity contribution in [3.63, 3.8) is 0 Å². The SMILES string of the molecule is COc1ccc(N2C(=O)C3N=NN(CC(=O)Nc4cc(Cl)ccc4C)C3C2=O)cc1OC. The van der Waals surface area contributed by atoms with E-state index in [4.69, 9.17) is 21.1 Å². The molecule has 2 atom stereocenters. The fourth-order valence-electron chi connectivity index (χ4n) is 3.64. The van der Waals surface area contributed by atoms with E-state index in [1.54, 1.807) is 30.3 Å². The number of carbonyl (C=O) groups excluding carboxylic acids is 3. The van der Waals surface area contributed by atoms with Crippen LogP contribution >= 0.6 is 11.6 Å². The maximum absolute atomic E-state index is 13.1. The highest BCUT2D eigenvalue weighted by Crippen LogP contribution is 2.36. The topological polar surface area (TPSA) is 113 Å². The van der Waals surface area contributed by atoms with Gasteiger partial charge in [-0.3, -0.25) is 19.4 Å². The van der Waals surface area contributed by atoms with Gasteiger partial charge in [-0.15, -0.1) is 0 Å². The Morgan fingerprint density at radius 1 is 1.09 bits per heavy atom. The van der Waals surface area contributed by atoms with E-state index in [1.807, 2.05) is 6.92 Å². The third-order valence-electron chi connectivity index (χ3n) is 5.26. The first-order valence-corrected chi connectivity index (χ1v) is 10.0. The number of rotatable bonds is 6. The van der Waals surface area contributed by atoms with Crippen LogP contribution in [0.25, 0.3) is 0 Å². The van der Waals surface area contributed by atoms with Crippen molar-refractivity contribution in [3.05, 3.63) is 47.0 Å². The monoisotopic (exact) mass is 457 g/mol. The molecule has 1 saturated heterocycles. The lowest BCUT2D eigenvalue weighted by Gasteiger charge is -2.21. The summed E-state index contributed by atoms with van der Waals surface area (Å²) in [5.41, 5.74) is 1.70. The van der Waals surface area contributed by atoms with E-state index in [1.165, 1.54) is 25.3 Å². The molecule has 0 bridgehead atoms. The average Bonchev–Trinajstić information content (AvgIpc) is 3.29. The van der Waals surface area contributed by atoms with Crippen LogP contribution < -0.4 is 19.7 Å². The number of benzene rings is 2. The fraction of sp³-hybridized carbons (Fsp3) is 0.286. The summed E-state index contributed by atoms with van der Waals surface area (Å²) in [6.07, 6.45) is 0. The van der Waals surface area contributed by atoms with Crippen LogP contribution in [-0.4, -0.2) is 55.6 Å². The number of ether oxygens (including phenoxy) is 2. The molecule has 11 heteroatoms. The van der Waals surface area contributed by atoms with E-state index >= 15 is 0 Å². The predicted molar refractivity (Wildman–Crippen MR) is 116 cm³/mol. The highest BCUT2D eigenvalue weighted by molar-refractivity contribution is 6.31. The molecule has 1 N–H and O–H groups in total. The zero-order valence-corrected chi connectivity index (χ0v) is 18.3. The number of nitrogens with one attached hydrogen (secondary N) is 1. The van der Waals surface area contributed by atoms with Crippen LogP contribution in [0.15, 0.2) is 46.7 Å². The van der Waals surface area contributed by atoms with E-state index in [2.05, 4.69) is 15.7 Å². The number of carbonyl (C=O) groups is 3. The smallest absolute Gasteiger partial charge is 0.263 e. The molecule has 32 heavy (non-hydrogen) atoms. The van der Waals surface area contributed by atoms with E-state index in [0.29, 0.717) is 27.9 Å². The average molecular weight is 458 g/mol. The second-order valence-electron chi connectivity index (χ2n) is 7.25. The summed E-state index contributed by atoms with van der Waals surface area (Å²) in [5, 5.41) is 12.3. The van der Waals surface area contributed by atoms with Crippen LogP contribution in [0, 0.1) is 6.92 Å². The van der Waals surface area contributed by atoms with Gasteiger partial charge in [-0.1, -0.05) is 22.9 Å². The van der Waals surface area contributed by atoms with Crippen molar-refractivity contribution in [2.45, 2.75) is 19.0 Å². The van der Waals surface area contributed by atoms with Gasteiger partial charge in [0.25, 0.3) is 11.8 Å². The van der Waals surface area contributed by atoms with Gasteiger partial charge in [-0.25, -0.2) is 4.90 Å². The first kappa shape index (κ1) is 21.6. The van der Waals surface area contributed by atoms with Crippen molar-refractivity contribution in [1.82, 2.24) is 5.01 Å². The molecule has 1 fully saturated rings. The maximum Gasteiger partial charge on any atom is 0.263 e. The second-order valence-corrected chi connectivity index (χ2v) is 7.69. The second kappa shape index (κ2) is 8.46. The summed E-state index contributed by atoms with van der Waals surface area (Å²) in [5.74, 6) is -0.629. The van der Waals surface area contributed by atoms with Crippen molar-refractivity contribution < 1.29 is 23.9 Å². The molecule has 2 aromatic carbocycles. The Balaban J connectivity index is 1.52. The van der Waals surface area contributed by atoms with Crippen LogP contribution in [0.1, 0.15) is 5.56 Å². The third-order valence-corrected chi connectivity index (χ3v) is 5.50. The molecule has 10 nitrogen and oxygen atoms in total. The standard InChI is InChI=1S/C21H20ClN5O5/c1-11-4-5-12(22)8-14(11)23-17(28)10-26-19-18(24-25-26)20(29)27(21(19)30)13-6-7-15(31-2)16(9-13)32-3/h4-9,18-19H,10H2,1-3H3,(H,23,28). The Morgan fingerprint density at radius 2 is 1.84 bits per heavy atom. The highest BCUT2D eigenvalue weighted by atomic mass is 35.5. The first-order chi connectivity index (χ1) is 15.3. The molecular weight excluding hydrogens is 438 g/mol. The summed E-state index contributed by atoms with van der Waals surface area (Å²) in [6, 6.07) is 7.83. The zero-order chi connectivity index (χ0) is 23.0. The molecule has 0 radical (unpaired) electrons. The Bertz CT molecular complexity index is 1140. The van der Waals surface area contributed by atoms with Crippen LogP contribution in [0.5, 0.6) is 11.5 Å². The van der Waals surface area contributed by atoms with Gasteiger partial charge < -0.3 is 14.8 Å². The van der Waals surface area contributed by atoms with Crippen LogP contribution in [0.2, 0.25) is 5.02 Å². The van der Waals surface area contributed by atoms with Crippen LogP contribution in [-0.2, 0) is 14.4 Å². The lowest BCUT2D eigenvalue weighted by atomic mass is 10.1. The minimum Gasteiger partial charge on any atom is -0.493 e. The van der Waals surface area contributed by atoms with Crippen molar-refractivity contribution in [3.8, 4) is 11.5 Å². The lowest BCUT2D eigenvalue weighted by molar-refractivity contribution is -0.123. The zero-order valence-electron chi connectivity index (χ0n) is 17.5. The Hall–Kier alpha value is -3.66. The van der Waals surface area contributed by atoms with Gasteiger partial charge in [0.05, 0.1) is 19.9 Å². The van der Waals surface area contributed by atoms with E-state index in [-0.39, 0.29) is 6.54 Å². The van der Waals surface area contributed by atoms with E-state index < -0.39 is 29.8 Å². The normalized spacial score (nSPS) is 19.4. The number of aryl methyl sites for hydroxylation is 1. The van der Waals surface area contributed by atoms with Crippen molar-refractivity contribution in [2.24, 2.45) is 10.3 Å². The van der Waals surface area contributed by atoms with Crippen molar-refractivity contribution in [2.75, 3.05) is 31.0 Å². The molecule has 2 heterocycles. The molecule has 3 amide bonds. The molecular formula is C21H20ClN5O5. The Labute approximate surface area is 188 Å². The number of halogens is 1. The molecule has 0 spiro atoms. The predicted octanol–water partition coefficient (Wildman–Crippen LogP) is 2.60. The van der Waals surface area contributed by atoms with Crippen molar-refractivity contribution in [1.29, 1.82) is 0 Å². The van der Waals surface area contributed by atoms with Gasteiger partial charge in [0, 0.05) is 16.8 Å². The number of nitrogens with zero attached hydrogens (tertiary/aromatic N) is 4. The van der Waals surface area contributed by atoms with Gasteiger partial charge in [0.1, 0.15) is 6.54 Å². The van der Waals surface area contributed by atoms with Crippen LogP contribution in [0.3, 0.4) is 0 Å². The molecule has 166 valence electrons. The first-order valence-electron chi connectivity index (χ1n) is 9.67. The van der Waals surface area contributed by atoms with Gasteiger partial charge >= 0.3 is 0 Å². The number of hydrogen-bond donors (Lipinski definition) is 1. The fourth-order valence-corrected chi connectivity index (χ4v) is 3.81. The number of hydrogen-bond acceptors (Lipinski definition) is 8. The van der Waals surface area contributed by atoms with Crippen LogP contribution in [0.4, 0.5) is 11.4 Å². The minimum atomic E-state index is -1.02.